The molecule has 118 valence electrons. The first kappa shape index (κ1) is 16.3. The fourth-order valence-corrected chi connectivity index (χ4v) is 2.84. The van der Waals surface area contributed by atoms with Gasteiger partial charge in [0.05, 0.1) is 6.61 Å². The van der Waals surface area contributed by atoms with Crippen LogP contribution in [0.5, 0.6) is 5.75 Å². The van der Waals surface area contributed by atoms with Gasteiger partial charge in [-0.25, -0.2) is 0 Å². The molecule has 1 saturated heterocycles. The predicted molar refractivity (Wildman–Crippen MR) is 88.8 cm³/mol. The van der Waals surface area contributed by atoms with Crippen LogP contribution in [0.1, 0.15) is 45.6 Å². The van der Waals surface area contributed by atoms with Crippen LogP contribution in [0.15, 0.2) is 24.3 Å². The standard InChI is InChI=1S/C18H30N2O/c1-4-11-21-18-9-5-7-16(12-18)13-20(15(2)3)14-17-8-6-10-19-17/h5,7,9,12,15,17,19H,4,6,8,10-11,13-14H2,1-3H3. The van der Waals surface area contributed by atoms with Gasteiger partial charge in [0, 0.05) is 25.2 Å². The molecule has 0 spiro atoms. The first-order chi connectivity index (χ1) is 10.2. The van der Waals surface area contributed by atoms with Crippen LogP contribution < -0.4 is 10.1 Å². The van der Waals surface area contributed by atoms with Gasteiger partial charge in [0.25, 0.3) is 0 Å². The minimum atomic E-state index is 0.563. The maximum Gasteiger partial charge on any atom is 0.119 e. The Morgan fingerprint density at radius 1 is 1.38 bits per heavy atom. The summed E-state index contributed by atoms with van der Waals surface area (Å²) in [6.07, 6.45) is 3.68. The van der Waals surface area contributed by atoms with Crippen molar-refractivity contribution in [3.05, 3.63) is 29.8 Å². The smallest absolute Gasteiger partial charge is 0.119 e. The monoisotopic (exact) mass is 290 g/mol. The Morgan fingerprint density at radius 2 is 2.24 bits per heavy atom. The van der Waals surface area contributed by atoms with Crippen LogP contribution in [0, 0.1) is 0 Å². The average Bonchev–Trinajstić information content (AvgIpc) is 2.98. The number of nitrogens with one attached hydrogen (secondary N) is 1. The molecule has 1 atom stereocenters. The molecule has 1 aliphatic heterocycles. The zero-order valence-electron chi connectivity index (χ0n) is 13.8. The summed E-state index contributed by atoms with van der Waals surface area (Å²) in [5, 5.41) is 3.60. The van der Waals surface area contributed by atoms with E-state index in [1.807, 2.05) is 0 Å². The molecule has 3 nitrogen and oxygen atoms in total. The number of hydrogen-bond acceptors (Lipinski definition) is 3. The summed E-state index contributed by atoms with van der Waals surface area (Å²) >= 11 is 0. The lowest BCUT2D eigenvalue weighted by molar-refractivity contribution is 0.193. The van der Waals surface area contributed by atoms with Gasteiger partial charge in [-0.2, -0.15) is 0 Å². The van der Waals surface area contributed by atoms with Crippen LogP contribution in [0.25, 0.3) is 0 Å². The molecular formula is C18H30N2O. The molecule has 0 amide bonds. The minimum absolute atomic E-state index is 0.563. The van der Waals surface area contributed by atoms with Crippen molar-refractivity contribution in [2.45, 2.75) is 58.7 Å². The predicted octanol–water partition coefficient (Wildman–Crippen LogP) is 3.44. The molecule has 1 heterocycles. The minimum Gasteiger partial charge on any atom is -0.494 e. The molecule has 1 aromatic carbocycles. The Hall–Kier alpha value is -1.06. The zero-order chi connectivity index (χ0) is 15.1. The van der Waals surface area contributed by atoms with E-state index in [1.54, 1.807) is 0 Å². The highest BCUT2D eigenvalue weighted by Crippen LogP contribution is 2.17. The molecule has 1 N–H and O–H groups in total. The lowest BCUT2D eigenvalue weighted by Crippen LogP contribution is -2.40. The number of nitrogens with zero attached hydrogens (tertiary/aromatic N) is 1. The van der Waals surface area contributed by atoms with Gasteiger partial charge in [-0.1, -0.05) is 19.1 Å². The van der Waals surface area contributed by atoms with Crippen LogP contribution in [0.2, 0.25) is 0 Å². The van der Waals surface area contributed by atoms with Crippen molar-refractivity contribution >= 4 is 0 Å². The van der Waals surface area contributed by atoms with Crippen molar-refractivity contribution in [2.75, 3.05) is 19.7 Å². The van der Waals surface area contributed by atoms with E-state index in [1.165, 1.54) is 24.9 Å². The Morgan fingerprint density at radius 3 is 2.90 bits per heavy atom. The molecular weight excluding hydrogens is 260 g/mol. The van der Waals surface area contributed by atoms with Crippen LogP contribution in [0.4, 0.5) is 0 Å². The summed E-state index contributed by atoms with van der Waals surface area (Å²) in [4.78, 5) is 2.56. The molecule has 1 fully saturated rings. The van der Waals surface area contributed by atoms with Gasteiger partial charge in [0.15, 0.2) is 0 Å². The normalized spacial score (nSPS) is 18.6. The number of rotatable bonds is 8. The van der Waals surface area contributed by atoms with E-state index in [0.717, 1.165) is 31.9 Å². The van der Waals surface area contributed by atoms with Gasteiger partial charge in [-0.15, -0.1) is 0 Å². The SMILES string of the molecule is CCCOc1cccc(CN(CC2CCCN2)C(C)C)c1. The molecule has 0 aromatic heterocycles. The average molecular weight is 290 g/mol. The summed E-state index contributed by atoms with van der Waals surface area (Å²) < 4.78 is 5.74. The summed E-state index contributed by atoms with van der Waals surface area (Å²) in [7, 11) is 0. The molecule has 2 rings (SSSR count). The molecule has 0 saturated carbocycles. The molecule has 0 bridgehead atoms. The third-order valence-electron chi connectivity index (χ3n) is 4.10. The van der Waals surface area contributed by atoms with Crippen molar-refractivity contribution in [1.82, 2.24) is 10.2 Å². The molecule has 3 heteroatoms. The van der Waals surface area contributed by atoms with E-state index in [9.17, 15) is 0 Å². The van der Waals surface area contributed by atoms with Gasteiger partial charge >= 0.3 is 0 Å². The van der Waals surface area contributed by atoms with Crippen molar-refractivity contribution in [1.29, 1.82) is 0 Å². The quantitative estimate of drug-likeness (QED) is 0.794. The van der Waals surface area contributed by atoms with E-state index < -0.39 is 0 Å². The first-order valence-corrected chi connectivity index (χ1v) is 8.38. The summed E-state index contributed by atoms with van der Waals surface area (Å²) in [5.74, 6) is 0.997. The van der Waals surface area contributed by atoms with E-state index >= 15 is 0 Å². The van der Waals surface area contributed by atoms with Crippen LogP contribution in [-0.4, -0.2) is 36.7 Å². The Balaban J connectivity index is 1.95. The molecule has 1 unspecified atom stereocenters. The maximum atomic E-state index is 5.74. The van der Waals surface area contributed by atoms with Gasteiger partial charge in [0.2, 0.25) is 0 Å². The Kier molecular flexibility index (Phi) is 6.52. The zero-order valence-corrected chi connectivity index (χ0v) is 13.8. The summed E-state index contributed by atoms with van der Waals surface area (Å²) in [5.41, 5.74) is 1.34. The summed E-state index contributed by atoms with van der Waals surface area (Å²) in [6.45, 7) is 10.8. The van der Waals surface area contributed by atoms with Crippen LogP contribution in [-0.2, 0) is 6.54 Å². The molecule has 1 aliphatic rings. The third kappa shape index (κ3) is 5.33. The third-order valence-corrected chi connectivity index (χ3v) is 4.10. The highest BCUT2D eigenvalue weighted by Gasteiger charge is 2.19. The van der Waals surface area contributed by atoms with Gasteiger partial charge in [-0.05, 0) is 57.4 Å². The topological polar surface area (TPSA) is 24.5 Å². The van der Waals surface area contributed by atoms with Crippen molar-refractivity contribution in [2.24, 2.45) is 0 Å². The number of hydrogen-bond donors (Lipinski definition) is 1. The fraction of sp³-hybridized carbons (Fsp3) is 0.667. The van der Waals surface area contributed by atoms with Gasteiger partial charge < -0.3 is 10.1 Å². The molecule has 0 aliphatic carbocycles. The Labute approximate surface area is 129 Å². The van der Waals surface area contributed by atoms with Crippen LogP contribution >= 0.6 is 0 Å². The first-order valence-electron chi connectivity index (χ1n) is 8.38. The second-order valence-electron chi connectivity index (χ2n) is 6.31. The summed E-state index contributed by atoms with van der Waals surface area (Å²) in [6, 6.07) is 9.77. The van der Waals surface area contributed by atoms with Crippen molar-refractivity contribution < 1.29 is 4.74 Å². The van der Waals surface area contributed by atoms with E-state index in [2.05, 4.69) is 55.3 Å². The number of ether oxygens (including phenoxy) is 1. The lowest BCUT2D eigenvalue weighted by Gasteiger charge is -2.29. The highest BCUT2D eigenvalue weighted by atomic mass is 16.5. The van der Waals surface area contributed by atoms with Crippen LogP contribution in [0.3, 0.4) is 0 Å². The Bertz CT molecular complexity index is 413. The van der Waals surface area contributed by atoms with E-state index in [4.69, 9.17) is 4.74 Å². The van der Waals surface area contributed by atoms with E-state index in [-0.39, 0.29) is 0 Å². The van der Waals surface area contributed by atoms with Crippen molar-refractivity contribution in [3.8, 4) is 5.75 Å². The van der Waals surface area contributed by atoms with Gasteiger partial charge in [0.1, 0.15) is 5.75 Å². The lowest BCUT2D eigenvalue weighted by atomic mass is 10.1. The molecule has 1 aromatic rings. The van der Waals surface area contributed by atoms with E-state index in [0.29, 0.717) is 12.1 Å². The van der Waals surface area contributed by atoms with Crippen molar-refractivity contribution in [3.63, 3.8) is 0 Å². The second kappa shape index (κ2) is 8.40. The second-order valence-corrected chi connectivity index (χ2v) is 6.31. The highest BCUT2D eigenvalue weighted by molar-refractivity contribution is 5.28. The largest absolute Gasteiger partial charge is 0.494 e. The van der Waals surface area contributed by atoms with Gasteiger partial charge in [-0.3, -0.25) is 4.90 Å². The number of benzene rings is 1. The fourth-order valence-electron chi connectivity index (χ4n) is 2.84. The maximum absolute atomic E-state index is 5.74. The molecule has 0 radical (unpaired) electrons. The molecule has 21 heavy (non-hydrogen) atoms.